The zero-order chi connectivity index (χ0) is 11.3. The lowest BCUT2D eigenvalue weighted by molar-refractivity contribution is 0.455. The average Bonchev–Trinajstić information content (AvgIpc) is 2.65. The molecule has 15 heavy (non-hydrogen) atoms. The van der Waals surface area contributed by atoms with Crippen LogP contribution in [-0.4, -0.2) is 10.6 Å². The van der Waals surface area contributed by atoms with E-state index in [4.69, 9.17) is 5.73 Å². The van der Waals surface area contributed by atoms with Crippen molar-refractivity contribution in [2.24, 2.45) is 11.7 Å². The van der Waals surface area contributed by atoms with Gasteiger partial charge in [-0.2, -0.15) is 0 Å². The van der Waals surface area contributed by atoms with E-state index >= 15 is 0 Å². The van der Waals surface area contributed by atoms with Crippen molar-refractivity contribution in [1.29, 1.82) is 0 Å². The number of nitrogens with zero attached hydrogens (tertiary/aromatic N) is 1. The first-order valence-corrected chi connectivity index (χ1v) is 6.06. The molecule has 0 radical (unpaired) electrons. The van der Waals surface area contributed by atoms with Crippen LogP contribution in [0.4, 0.5) is 0 Å². The highest BCUT2D eigenvalue weighted by atomic mass is 15.0. The van der Waals surface area contributed by atoms with E-state index < -0.39 is 0 Å². The fourth-order valence-corrected chi connectivity index (χ4v) is 1.69. The molecule has 0 saturated heterocycles. The predicted molar refractivity (Wildman–Crippen MR) is 65.9 cm³/mol. The molecule has 1 aromatic heterocycles. The van der Waals surface area contributed by atoms with Gasteiger partial charge in [-0.1, -0.05) is 27.2 Å². The Morgan fingerprint density at radius 3 is 2.67 bits per heavy atom. The summed E-state index contributed by atoms with van der Waals surface area (Å²) in [6.45, 7) is 7.80. The Morgan fingerprint density at radius 2 is 2.07 bits per heavy atom. The second-order valence-corrected chi connectivity index (χ2v) is 4.54. The van der Waals surface area contributed by atoms with Gasteiger partial charge in [0, 0.05) is 30.9 Å². The highest BCUT2D eigenvalue weighted by molar-refractivity contribution is 5.08. The van der Waals surface area contributed by atoms with Gasteiger partial charge >= 0.3 is 0 Å². The topological polar surface area (TPSA) is 30.9 Å². The average molecular weight is 208 g/mol. The van der Waals surface area contributed by atoms with Gasteiger partial charge in [-0.05, 0) is 24.5 Å². The molecular formula is C13H24N2. The van der Waals surface area contributed by atoms with Gasteiger partial charge in [0.2, 0.25) is 0 Å². The fraction of sp³-hybridized carbons (Fsp3) is 0.692. The molecule has 86 valence electrons. The summed E-state index contributed by atoms with van der Waals surface area (Å²) in [6, 6.07) is 4.62. The van der Waals surface area contributed by atoms with E-state index in [9.17, 15) is 0 Å². The number of rotatable bonds is 6. The smallest absolute Gasteiger partial charge is 0.0247 e. The molecule has 2 heteroatoms. The summed E-state index contributed by atoms with van der Waals surface area (Å²) in [6.07, 6.45) is 5.45. The third-order valence-electron chi connectivity index (χ3n) is 3.12. The maximum Gasteiger partial charge on any atom is 0.0247 e. The lowest BCUT2D eigenvalue weighted by atomic mass is 10.1. The number of hydrogen-bond donors (Lipinski definition) is 1. The van der Waals surface area contributed by atoms with Crippen LogP contribution in [0.1, 0.15) is 39.3 Å². The van der Waals surface area contributed by atoms with Crippen molar-refractivity contribution in [3.05, 3.63) is 24.0 Å². The second kappa shape index (κ2) is 5.96. The zero-order valence-corrected chi connectivity index (χ0v) is 10.2. The molecule has 1 heterocycles. The normalized spacial score (nSPS) is 15.2. The van der Waals surface area contributed by atoms with Gasteiger partial charge < -0.3 is 10.3 Å². The van der Waals surface area contributed by atoms with Crippen LogP contribution in [0.15, 0.2) is 18.3 Å². The summed E-state index contributed by atoms with van der Waals surface area (Å²) < 4.78 is 2.35. The van der Waals surface area contributed by atoms with Crippen LogP contribution in [0.3, 0.4) is 0 Å². The highest BCUT2D eigenvalue weighted by Gasteiger charge is 2.07. The fourth-order valence-electron chi connectivity index (χ4n) is 1.69. The summed E-state index contributed by atoms with van der Waals surface area (Å²) in [5, 5.41) is 0. The van der Waals surface area contributed by atoms with E-state index in [1.807, 2.05) is 0 Å². The first-order valence-electron chi connectivity index (χ1n) is 6.06. The zero-order valence-electron chi connectivity index (χ0n) is 10.2. The maximum absolute atomic E-state index is 5.98. The molecule has 2 nitrogen and oxygen atoms in total. The molecule has 0 fully saturated rings. The standard InChI is InChI=1S/C13H24N2/c1-4-11(3)10-15-8-6-7-13(15)9-12(14)5-2/h6-8,11-12H,4-5,9-10,14H2,1-3H3. The Morgan fingerprint density at radius 1 is 1.33 bits per heavy atom. The third-order valence-corrected chi connectivity index (χ3v) is 3.12. The van der Waals surface area contributed by atoms with Gasteiger partial charge in [0.15, 0.2) is 0 Å². The Bertz CT molecular complexity index is 251. The summed E-state index contributed by atoms with van der Waals surface area (Å²) in [4.78, 5) is 0. The quantitative estimate of drug-likeness (QED) is 0.765. The van der Waals surface area contributed by atoms with Crippen LogP contribution in [0.5, 0.6) is 0 Å². The molecule has 1 aromatic rings. The van der Waals surface area contributed by atoms with Gasteiger partial charge in [-0.25, -0.2) is 0 Å². The van der Waals surface area contributed by atoms with Crippen molar-refractivity contribution < 1.29 is 0 Å². The van der Waals surface area contributed by atoms with Gasteiger partial charge in [0.1, 0.15) is 0 Å². The van der Waals surface area contributed by atoms with Crippen molar-refractivity contribution in [2.45, 2.75) is 52.6 Å². The van der Waals surface area contributed by atoms with Crippen molar-refractivity contribution >= 4 is 0 Å². The van der Waals surface area contributed by atoms with E-state index in [1.165, 1.54) is 12.1 Å². The predicted octanol–water partition coefficient (Wildman–Crippen LogP) is 2.81. The van der Waals surface area contributed by atoms with Gasteiger partial charge in [-0.3, -0.25) is 0 Å². The summed E-state index contributed by atoms with van der Waals surface area (Å²) in [7, 11) is 0. The van der Waals surface area contributed by atoms with Gasteiger partial charge in [0.05, 0.1) is 0 Å². The third kappa shape index (κ3) is 3.71. The van der Waals surface area contributed by atoms with Gasteiger partial charge in [-0.15, -0.1) is 0 Å². The molecule has 0 aliphatic heterocycles. The molecule has 1 rings (SSSR count). The molecule has 0 aliphatic carbocycles. The highest BCUT2D eigenvalue weighted by Crippen LogP contribution is 2.11. The van der Waals surface area contributed by atoms with E-state index in [1.54, 1.807) is 0 Å². The minimum atomic E-state index is 0.301. The van der Waals surface area contributed by atoms with E-state index in [2.05, 4.69) is 43.7 Å². The summed E-state index contributed by atoms with van der Waals surface area (Å²) >= 11 is 0. The molecule has 2 atom stereocenters. The van der Waals surface area contributed by atoms with Crippen LogP contribution in [0, 0.1) is 5.92 Å². The Kier molecular flexibility index (Phi) is 4.89. The molecule has 0 bridgehead atoms. The van der Waals surface area contributed by atoms with Crippen molar-refractivity contribution in [3.8, 4) is 0 Å². The van der Waals surface area contributed by atoms with Gasteiger partial charge in [0.25, 0.3) is 0 Å². The van der Waals surface area contributed by atoms with E-state index in [0.717, 1.165) is 25.3 Å². The Labute approximate surface area is 93.5 Å². The van der Waals surface area contributed by atoms with Crippen molar-refractivity contribution in [1.82, 2.24) is 4.57 Å². The van der Waals surface area contributed by atoms with Crippen LogP contribution in [0.25, 0.3) is 0 Å². The van der Waals surface area contributed by atoms with Crippen molar-refractivity contribution in [2.75, 3.05) is 0 Å². The first-order chi connectivity index (χ1) is 7.17. The van der Waals surface area contributed by atoms with Crippen LogP contribution >= 0.6 is 0 Å². The minimum absolute atomic E-state index is 0.301. The Hall–Kier alpha value is -0.760. The van der Waals surface area contributed by atoms with E-state index in [0.29, 0.717) is 6.04 Å². The summed E-state index contributed by atoms with van der Waals surface area (Å²) in [5.74, 6) is 0.744. The molecular weight excluding hydrogens is 184 g/mol. The summed E-state index contributed by atoms with van der Waals surface area (Å²) in [5.41, 5.74) is 7.36. The largest absolute Gasteiger partial charge is 0.351 e. The van der Waals surface area contributed by atoms with Crippen LogP contribution < -0.4 is 5.73 Å². The molecule has 0 spiro atoms. The Balaban J connectivity index is 2.60. The number of hydrogen-bond acceptors (Lipinski definition) is 1. The monoisotopic (exact) mass is 208 g/mol. The molecule has 0 aliphatic rings. The van der Waals surface area contributed by atoms with Crippen molar-refractivity contribution in [3.63, 3.8) is 0 Å². The molecule has 2 unspecified atom stereocenters. The number of aromatic nitrogens is 1. The lowest BCUT2D eigenvalue weighted by Gasteiger charge is -2.15. The minimum Gasteiger partial charge on any atom is -0.351 e. The molecule has 0 amide bonds. The number of nitrogens with two attached hydrogens (primary N) is 1. The SMILES string of the molecule is CCC(C)Cn1cccc1CC(N)CC. The first kappa shape index (κ1) is 12.3. The molecule has 2 N–H and O–H groups in total. The van der Waals surface area contributed by atoms with Crippen LogP contribution in [-0.2, 0) is 13.0 Å². The van der Waals surface area contributed by atoms with E-state index in [-0.39, 0.29) is 0 Å². The molecule has 0 saturated carbocycles. The van der Waals surface area contributed by atoms with Crippen LogP contribution in [0.2, 0.25) is 0 Å². The lowest BCUT2D eigenvalue weighted by Crippen LogP contribution is -2.23. The maximum atomic E-state index is 5.98. The molecule has 0 aromatic carbocycles. The second-order valence-electron chi connectivity index (χ2n) is 4.54.